The first-order valence-corrected chi connectivity index (χ1v) is 7.32. The monoisotopic (exact) mass is 299 g/mol. The van der Waals surface area contributed by atoms with Crippen LogP contribution in [0.15, 0.2) is 24.3 Å². The summed E-state index contributed by atoms with van der Waals surface area (Å²) in [5, 5.41) is 3.21. The van der Waals surface area contributed by atoms with E-state index in [1.54, 1.807) is 0 Å². The van der Waals surface area contributed by atoms with E-state index in [4.69, 9.17) is 0 Å². The van der Waals surface area contributed by atoms with Gasteiger partial charge in [0.05, 0.1) is 5.56 Å². The number of halogens is 3. The number of alkyl halides is 3. The minimum atomic E-state index is -4.42. The zero-order valence-corrected chi connectivity index (χ0v) is 12.1. The molecule has 2 nitrogen and oxygen atoms in total. The fourth-order valence-corrected chi connectivity index (χ4v) is 3.11. The molecule has 1 N–H and O–H groups in total. The first-order chi connectivity index (χ1) is 9.89. The van der Waals surface area contributed by atoms with E-state index in [0.717, 1.165) is 37.9 Å². The molecule has 0 radical (unpaired) electrons. The zero-order chi connectivity index (χ0) is 15.5. The number of ketones is 1. The second kappa shape index (κ2) is 6.18. The Balaban J connectivity index is 2.33. The van der Waals surface area contributed by atoms with Crippen molar-refractivity contribution in [3.8, 4) is 0 Å². The molecule has 5 heteroatoms. The molecule has 1 aromatic carbocycles. The Morgan fingerprint density at radius 2 is 2.14 bits per heavy atom. The molecule has 21 heavy (non-hydrogen) atoms. The summed E-state index contributed by atoms with van der Waals surface area (Å²) in [4.78, 5) is 12.8. The van der Waals surface area contributed by atoms with Crippen LogP contribution in [0.4, 0.5) is 13.2 Å². The van der Waals surface area contributed by atoms with Gasteiger partial charge >= 0.3 is 6.18 Å². The predicted molar refractivity (Wildman–Crippen MR) is 75.2 cm³/mol. The van der Waals surface area contributed by atoms with Gasteiger partial charge < -0.3 is 5.32 Å². The average molecular weight is 299 g/mol. The highest BCUT2D eigenvalue weighted by Crippen LogP contribution is 2.37. The van der Waals surface area contributed by atoms with Crippen molar-refractivity contribution in [3.05, 3.63) is 35.4 Å². The number of hydrogen-bond donors (Lipinski definition) is 1. The summed E-state index contributed by atoms with van der Waals surface area (Å²) in [5.41, 5.74) is -1.15. The van der Waals surface area contributed by atoms with E-state index in [0.29, 0.717) is 13.0 Å². The molecule has 0 saturated carbocycles. The molecule has 0 aliphatic carbocycles. The fraction of sp³-hybridized carbons (Fsp3) is 0.562. The largest absolute Gasteiger partial charge is 0.416 e. The molecule has 1 aromatic rings. The van der Waals surface area contributed by atoms with Gasteiger partial charge in [-0.05, 0) is 37.9 Å². The highest BCUT2D eigenvalue weighted by Gasteiger charge is 2.40. The SMILES string of the molecule is CCCC1(C(=O)c2cccc(C(F)(F)F)c2)CCCNC1. The molecule has 1 aliphatic rings. The van der Waals surface area contributed by atoms with Crippen LogP contribution in [0.1, 0.15) is 48.5 Å². The molecule has 1 saturated heterocycles. The van der Waals surface area contributed by atoms with Gasteiger partial charge in [0.2, 0.25) is 0 Å². The van der Waals surface area contributed by atoms with Crippen LogP contribution in [0.25, 0.3) is 0 Å². The van der Waals surface area contributed by atoms with E-state index < -0.39 is 17.2 Å². The maximum absolute atomic E-state index is 12.8. The molecule has 0 aromatic heterocycles. The van der Waals surface area contributed by atoms with Crippen LogP contribution in [0.2, 0.25) is 0 Å². The van der Waals surface area contributed by atoms with Gasteiger partial charge in [-0.25, -0.2) is 0 Å². The van der Waals surface area contributed by atoms with Crippen molar-refractivity contribution >= 4 is 5.78 Å². The van der Waals surface area contributed by atoms with E-state index in [1.165, 1.54) is 12.1 Å². The number of piperidine rings is 1. The number of hydrogen-bond acceptors (Lipinski definition) is 2. The summed E-state index contributed by atoms with van der Waals surface area (Å²) in [7, 11) is 0. The van der Waals surface area contributed by atoms with Crippen molar-refractivity contribution in [1.29, 1.82) is 0 Å². The fourth-order valence-electron chi connectivity index (χ4n) is 3.11. The van der Waals surface area contributed by atoms with Crippen molar-refractivity contribution < 1.29 is 18.0 Å². The molecule has 0 spiro atoms. The van der Waals surface area contributed by atoms with Gasteiger partial charge in [0, 0.05) is 17.5 Å². The van der Waals surface area contributed by atoms with Crippen LogP contribution in [0.3, 0.4) is 0 Å². The van der Waals surface area contributed by atoms with Crippen LogP contribution in [0.5, 0.6) is 0 Å². The van der Waals surface area contributed by atoms with Gasteiger partial charge in [0.25, 0.3) is 0 Å². The van der Waals surface area contributed by atoms with Gasteiger partial charge in [0.1, 0.15) is 0 Å². The number of carbonyl (C=O) groups is 1. The summed E-state index contributed by atoms with van der Waals surface area (Å²) in [5.74, 6) is -0.164. The molecule has 1 atom stereocenters. The van der Waals surface area contributed by atoms with E-state index in [1.807, 2.05) is 6.92 Å². The molecular formula is C16H20F3NO. The second-order valence-corrected chi connectivity index (χ2v) is 5.72. The second-order valence-electron chi connectivity index (χ2n) is 5.72. The number of Topliss-reactive ketones (excluding diaryl/α,β-unsaturated/α-hetero) is 1. The van der Waals surface area contributed by atoms with Crippen LogP contribution in [-0.4, -0.2) is 18.9 Å². The maximum atomic E-state index is 12.8. The Morgan fingerprint density at radius 1 is 1.38 bits per heavy atom. The normalized spacial score (nSPS) is 23.0. The summed E-state index contributed by atoms with van der Waals surface area (Å²) in [6, 6.07) is 4.78. The van der Waals surface area contributed by atoms with E-state index in [2.05, 4.69) is 5.32 Å². The molecule has 1 heterocycles. The Bertz CT molecular complexity index is 499. The lowest BCUT2D eigenvalue weighted by molar-refractivity contribution is -0.137. The molecule has 1 fully saturated rings. The van der Waals surface area contributed by atoms with E-state index in [-0.39, 0.29) is 11.3 Å². The third-order valence-corrected chi connectivity index (χ3v) is 4.13. The van der Waals surface area contributed by atoms with E-state index >= 15 is 0 Å². The van der Waals surface area contributed by atoms with Crippen molar-refractivity contribution in [3.63, 3.8) is 0 Å². The average Bonchev–Trinajstić information content (AvgIpc) is 2.47. The Morgan fingerprint density at radius 3 is 2.71 bits per heavy atom. The van der Waals surface area contributed by atoms with Gasteiger partial charge in [-0.15, -0.1) is 0 Å². The Labute approximate surface area is 122 Å². The van der Waals surface area contributed by atoms with Gasteiger partial charge in [-0.3, -0.25) is 4.79 Å². The van der Waals surface area contributed by atoms with Crippen LogP contribution in [0, 0.1) is 5.41 Å². The topological polar surface area (TPSA) is 29.1 Å². The van der Waals surface area contributed by atoms with Gasteiger partial charge in [-0.1, -0.05) is 25.5 Å². The molecule has 2 rings (SSSR count). The predicted octanol–water partition coefficient (Wildman–Crippen LogP) is 4.06. The maximum Gasteiger partial charge on any atom is 0.416 e. The van der Waals surface area contributed by atoms with Crippen molar-refractivity contribution in [2.75, 3.05) is 13.1 Å². The first-order valence-electron chi connectivity index (χ1n) is 7.32. The lowest BCUT2D eigenvalue weighted by Crippen LogP contribution is -2.45. The third kappa shape index (κ3) is 3.46. The van der Waals surface area contributed by atoms with E-state index in [9.17, 15) is 18.0 Å². The van der Waals surface area contributed by atoms with Gasteiger partial charge in [-0.2, -0.15) is 13.2 Å². The summed E-state index contributed by atoms with van der Waals surface area (Å²) < 4.78 is 38.4. The highest BCUT2D eigenvalue weighted by atomic mass is 19.4. The van der Waals surface area contributed by atoms with Crippen molar-refractivity contribution in [2.24, 2.45) is 5.41 Å². The van der Waals surface area contributed by atoms with Crippen molar-refractivity contribution in [2.45, 2.75) is 38.8 Å². The summed E-state index contributed by atoms with van der Waals surface area (Å²) >= 11 is 0. The van der Waals surface area contributed by atoms with Gasteiger partial charge in [0.15, 0.2) is 5.78 Å². The zero-order valence-electron chi connectivity index (χ0n) is 12.1. The number of nitrogens with one attached hydrogen (secondary N) is 1. The highest BCUT2D eigenvalue weighted by molar-refractivity contribution is 6.01. The number of benzene rings is 1. The summed E-state index contributed by atoms with van der Waals surface area (Å²) in [6.07, 6.45) is -1.26. The molecule has 0 amide bonds. The minimum Gasteiger partial charge on any atom is -0.316 e. The standard InChI is InChI=1S/C16H20F3NO/c1-2-7-15(8-4-9-20-11-15)14(21)12-5-3-6-13(10-12)16(17,18)19/h3,5-6,10,20H,2,4,7-9,11H2,1H3. The van der Waals surface area contributed by atoms with Crippen molar-refractivity contribution in [1.82, 2.24) is 5.32 Å². The Kier molecular flexibility index (Phi) is 4.71. The summed E-state index contributed by atoms with van der Waals surface area (Å²) in [6.45, 7) is 3.41. The molecule has 116 valence electrons. The molecule has 1 aliphatic heterocycles. The molecule has 0 bridgehead atoms. The molecular weight excluding hydrogens is 279 g/mol. The lowest BCUT2D eigenvalue weighted by Gasteiger charge is -2.36. The molecule has 1 unspecified atom stereocenters. The lowest BCUT2D eigenvalue weighted by atomic mass is 9.71. The third-order valence-electron chi connectivity index (χ3n) is 4.13. The smallest absolute Gasteiger partial charge is 0.316 e. The van der Waals surface area contributed by atoms with Crippen LogP contribution >= 0.6 is 0 Å². The number of rotatable bonds is 4. The van der Waals surface area contributed by atoms with Crippen LogP contribution < -0.4 is 5.32 Å². The quantitative estimate of drug-likeness (QED) is 0.850. The number of carbonyl (C=O) groups excluding carboxylic acids is 1. The first kappa shape index (κ1) is 16.0. The Hall–Kier alpha value is -1.36. The minimum absolute atomic E-state index is 0.164. The van der Waals surface area contributed by atoms with Crippen LogP contribution in [-0.2, 0) is 6.18 Å².